The number of likely N-dealkylation sites (N-methyl/N-ethyl adjacent to an activating group) is 1. The third-order valence-electron chi connectivity index (χ3n) is 4.90. The molecule has 1 fully saturated rings. The summed E-state index contributed by atoms with van der Waals surface area (Å²) < 4.78 is 0. The second kappa shape index (κ2) is 8.56. The number of carbonyl (C=O) groups excluding carboxylic acids is 2. The van der Waals surface area contributed by atoms with Crippen molar-refractivity contribution in [1.29, 1.82) is 0 Å². The average Bonchev–Trinajstić information content (AvgIpc) is 2.72. The molecule has 26 heavy (non-hydrogen) atoms. The normalized spacial score (nSPS) is 14.9. The van der Waals surface area contributed by atoms with Crippen molar-refractivity contribution in [2.45, 2.75) is 19.3 Å². The molecule has 0 aromatic carbocycles. The first kappa shape index (κ1) is 18.0. The minimum Gasteiger partial charge on any atom is -0.345 e. The third-order valence-corrected chi connectivity index (χ3v) is 4.90. The van der Waals surface area contributed by atoms with Crippen LogP contribution in [0, 0.1) is 5.92 Å². The fourth-order valence-electron chi connectivity index (χ4n) is 3.27. The molecule has 2 amide bonds. The summed E-state index contributed by atoms with van der Waals surface area (Å²) in [6.07, 6.45) is 9.03. The van der Waals surface area contributed by atoms with Crippen LogP contribution in [-0.4, -0.2) is 58.3 Å². The lowest BCUT2D eigenvalue weighted by atomic mass is 9.95. The van der Waals surface area contributed by atoms with Crippen molar-refractivity contribution in [3.8, 4) is 0 Å². The minimum atomic E-state index is -0.00459. The van der Waals surface area contributed by atoms with E-state index in [9.17, 15) is 9.59 Å². The van der Waals surface area contributed by atoms with Crippen LogP contribution in [0.4, 0.5) is 0 Å². The molecule has 6 heteroatoms. The summed E-state index contributed by atoms with van der Waals surface area (Å²) in [6, 6.07) is 7.49. The van der Waals surface area contributed by atoms with Crippen LogP contribution in [0.5, 0.6) is 0 Å². The van der Waals surface area contributed by atoms with Crippen LogP contribution in [0.3, 0.4) is 0 Å². The van der Waals surface area contributed by atoms with Crippen molar-refractivity contribution < 1.29 is 9.59 Å². The Morgan fingerprint density at radius 2 is 1.85 bits per heavy atom. The number of hydrogen-bond acceptors (Lipinski definition) is 4. The number of rotatable bonds is 5. The molecule has 1 aliphatic heterocycles. The second-order valence-corrected chi connectivity index (χ2v) is 6.67. The SMILES string of the molecule is CN(CCc1ccncc1)C(=O)C1CCN(C(=O)c2cccnc2)CC1. The summed E-state index contributed by atoms with van der Waals surface area (Å²) in [5.41, 5.74) is 1.78. The predicted octanol–water partition coefficient (Wildman–Crippen LogP) is 2.03. The lowest BCUT2D eigenvalue weighted by molar-refractivity contribution is -0.135. The van der Waals surface area contributed by atoms with E-state index in [1.807, 2.05) is 29.0 Å². The van der Waals surface area contributed by atoms with E-state index in [4.69, 9.17) is 0 Å². The summed E-state index contributed by atoms with van der Waals surface area (Å²) in [5.74, 6) is 0.165. The molecule has 0 unspecified atom stereocenters. The zero-order valence-electron chi connectivity index (χ0n) is 15.0. The highest BCUT2D eigenvalue weighted by atomic mass is 16.2. The number of pyridine rings is 2. The molecule has 1 aliphatic rings. The first-order chi connectivity index (χ1) is 12.6. The van der Waals surface area contributed by atoms with Crippen LogP contribution >= 0.6 is 0 Å². The Balaban J connectivity index is 1.48. The maximum atomic E-state index is 12.7. The Labute approximate surface area is 153 Å². The van der Waals surface area contributed by atoms with Crippen molar-refractivity contribution in [1.82, 2.24) is 19.8 Å². The monoisotopic (exact) mass is 352 g/mol. The largest absolute Gasteiger partial charge is 0.345 e. The molecular formula is C20H24N4O2. The first-order valence-corrected chi connectivity index (χ1v) is 8.98. The van der Waals surface area contributed by atoms with Gasteiger partial charge < -0.3 is 9.80 Å². The van der Waals surface area contributed by atoms with Gasteiger partial charge in [-0.2, -0.15) is 0 Å². The summed E-state index contributed by atoms with van der Waals surface area (Å²) in [7, 11) is 1.86. The average molecular weight is 352 g/mol. The van der Waals surface area contributed by atoms with E-state index >= 15 is 0 Å². The molecule has 0 aliphatic carbocycles. The minimum absolute atomic E-state index is 0.00427. The van der Waals surface area contributed by atoms with Crippen molar-refractivity contribution in [3.05, 3.63) is 60.2 Å². The molecule has 2 aromatic heterocycles. The predicted molar refractivity (Wildman–Crippen MR) is 98.4 cm³/mol. The van der Waals surface area contributed by atoms with E-state index in [1.165, 1.54) is 5.56 Å². The molecule has 6 nitrogen and oxygen atoms in total. The molecule has 3 heterocycles. The first-order valence-electron chi connectivity index (χ1n) is 8.98. The van der Waals surface area contributed by atoms with Gasteiger partial charge in [0.1, 0.15) is 0 Å². The fraction of sp³-hybridized carbons (Fsp3) is 0.400. The van der Waals surface area contributed by atoms with Gasteiger partial charge >= 0.3 is 0 Å². The molecule has 2 aromatic rings. The molecule has 0 saturated carbocycles. The number of carbonyl (C=O) groups is 2. The number of aromatic nitrogens is 2. The van der Waals surface area contributed by atoms with Crippen LogP contribution in [-0.2, 0) is 11.2 Å². The van der Waals surface area contributed by atoms with E-state index in [0.717, 1.165) is 6.42 Å². The van der Waals surface area contributed by atoms with E-state index in [-0.39, 0.29) is 17.7 Å². The fourth-order valence-corrected chi connectivity index (χ4v) is 3.27. The van der Waals surface area contributed by atoms with Gasteiger partial charge in [0.05, 0.1) is 5.56 Å². The molecule has 0 bridgehead atoms. The van der Waals surface area contributed by atoms with Gasteiger partial charge in [-0.25, -0.2) is 0 Å². The second-order valence-electron chi connectivity index (χ2n) is 6.67. The van der Waals surface area contributed by atoms with Crippen molar-refractivity contribution >= 4 is 11.8 Å². The Bertz CT molecular complexity index is 728. The maximum absolute atomic E-state index is 12.7. The zero-order chi connectivity index (χ0) is 18.4. The Hall–Kier alpha value is -2.76. The summed E-state index contributed by atoms with van der Waals surface area (Å²) in [6.45, 7) is 1.92. The number of piperidine rings is 1. The van der Waals surface area contributed by atoms with Gasteiger partial charge in [0.2, 0.25) is 5.91 Å². The number of hydrogen-bond donors (Lipinski definition) is 0. The smallest absolute Gasteiger partial charge is 0.255 e. The maximum Gasteiger partial charge on any atom is 0.255 e. The van der Waals surface area contributed by atoms with Crippen LogP contribution in [0.1, 0.15) is 28.8 Å². The molecule has 1 saturated heterocycles. The summed E-state index contributed by atoms with van der Waals surface area (Å²) in [4.78, 5) is 36.8. The summed E-state index contributed by atoms with van der Waals surface area (Å²) >= 11 is 0. The van der Waals surface area contributed by atoms with E-state index < -0.39 is 0 Å². The summed E-state index contributed by atoms with van der Waals surface area (Å²) in [5, 5.41) is 0. The quantitative estimate of drug-likeness (QED) is 0.826. The topological polar surface area (TPSA) is 66.4 Å². The van der Waals surface area contributed by atoms with Crippen molar-refractivity contribution in [3.63, 3.8) is 0 Å². The van der Waals surface area contributed by atoms with Crippen molar-refractivity contribution in [2.24, 2.45) is 5.92 Å². The van der Waals surface area contributed by atoms with Gasteiger partial charge in [0, 0.05) is 57.4 Å². The molecule has 0 N–H and O–H groups in total. The standard InChI is InChI=1S/C20H24N4O2/c1-23(12-6-16-4-10-21-11-5-16)19(25)17-7-13-24(14-8-17)20(26)18-3-2-9-22-15-18/h2-5,9-11,15,17H,6-8,12-14H2,1H3. The van der Waals surface area contributed by atoms with Gasteiger partial charge in [0.15, 0.2) is 0 Å². The number of likely N-dealkylation sites (tertiary alicyclic amines) is 1. The molecule has 3 rings (SSSR count). The van der Waals surface area contributed by atoms with Gasteiger partial charge in [0.25, 0.3) is 5.91 Å². The molecular weight excluding hydrogens is 328 g/mol. The van der Waals surface area contributed by atoms with Gasteiger partial charge in [-0.15, -0.1) is 0 Å². The lowest BCUT2D eigenvalue weighted by Crippen LogP contribution is -2.43. The highest BCUT2D eigenvalue weighted by Gasteiger charge is 2.29. The van der Waals surface area contributed by atoms with E-state index in [0.29, 0.717) is 38.0 Å². The zero-order valence-corrected chi connectivity index (χ0v) is 15.0. The molecule has 0 spiro atoms. The van der Waals surface area contributed by atoms with Crippen molar-refractivity contribution in [2.75, 3.05) is 26.7 Å². The lowest BCUT2D eigenvalue weighted by Gasteiger charge is -2.33. The van der Waals surface area contributed by atoms with Gasteiger partial charge in [-0.1, -0.05) is 0 Å². The Kier molecular flexibility index (Phi) is 5.94. The molecule has 0 atom stereocenters. The Morgan fingerprint density at radius 1 is 1.12 bits per heavy atom. The highest BCUT2D eigenvalue weighted by molar-refractivity contribution is 5.94. The number of nitrogens with zero attached hydrogens (tertiary/aromatic N) is 4. The third kappa shape index (κ3) is 4.45. The highest BCUT2D eigenvalue weighted by Crippen LogP contribution is 2.21. The Morgan fingerprint density at radius 3 is 2.50 bits per heavy atom. The van der Waals surface area contributed by atoms with Crippen LogP contribution in [0.2, 0.25) is 0 Å². The van der Waals surface area contributed by atoms with Crippen LogP contribution < -0.4 is 0 Å². The number of amides is 2. The molecule has 0 radical (unpaired) electrons. The van der Waals surface area contributed by atoms with Gasteiger partial charge in [-0.05, 0) is 49.1 Å². The van der Waals surface area contributed by atoms with E-state index in [2.05, 4.69) is 9.97 Å². The van der Waals surface area contributed by atoms with E-state index in [1.54, 1.807) is 36.9 Å². The van der Waals surface area contributed by atoms with Crippen LogP contribution in [0.15, 0.2) is 49.1 Å². The molecule has 136 valence electrons. The van der Waals surface area contributed by atoms with Gasteiger partial charge in [-0.3, -0.25) is 19.6 Å². The van der Waals surface area contributed by atoms with Crippen LogP contribution in [0.25, 0.3) is 0 Å².